The van der Waals surface area contributed by atoms with Gasteiger partial charge in [0.1, 0.15) is 11.6 Å². The minimum absolute atomic E-state index is 0.0922. The smallest absolute Gasteiger partial charge is 0.144 e. The van der Waals surface area contributed by atoms with Gasteiger partial charge in [-0.1, -0.05) is 35.9 Å². The zero-order valence-corrected chi connectivity index (χ0v) is 12.9. The van der Waals surface area contributed by atoms with Gasteiger partial charge in [-0.15, -0.1) is 11.6 Å². The quantitative estimate of drug-likeness (QED) is 0.625. The number of benzene rings is 2. The molecule has 0 spiro atoms. The number of imidazole rings is 1. The monoisotopic (exact) mass is 322 g/mol. The fourth-order valence-electron chi connectivity index (χ4n) is 2.41. The first-order valence-corrected chi connectivity index (χ1v) is 7.46. The van der Waals surface area contributed by atoms with Crippen LogP contribution in [0.4, 0.5) is 4.39 Å². The van der Waals surface area contributed by atoms with E-state index in [1.54, 1.807) is 6.07 Å². The average Bonchev–Trinajstić information content (AvgIpc) is 2.79. The molecule has 0 atom stereocenters. The van der Waals surface area contributed by atoms with Gasteiger partial charge in [0.15, 0.2) is 0 Å². The predicted molar refractivity (Wildman–Crippen MR) is 84.5 cm³/mol. The molecule has 0 aliphatic carbocycles. The maximum Gasteiger partial charge on any atom is 0.144 e. The summed E-state index contributed by atoms with van der Waals surface area (Å²) in [5.74, 6) is 0.502. The summed E-state index contributed by atoms with van der Waals surface area (Å²) in [6.07, 6.45) is 0. The summed E-state index contributed by atoms with van der Waals surface area (Å²) in [4.78, 5) is 4.39. The Morgan fingerprint density at radius 1 is 1.24 bits per heavy atom. The molecule has 0 saturated heterocycles. The number of halogens is 3. The lowest BCUT2D eigenvalue weighted by Crippen LogP contribution is -2.05. The molecule has 0 saturated carbocycles. The van der Waals surface area contributed by atoms with E-state index in [9.17, 15) is 4.39 Å². The Bertz CT molecular complexity index is 811. The molecule has 0 bridgehead atoms. The molecule has 3 aromatic rings. The maximum atomic E-state index is 13.6. The van der Waals surface area contributed by atoms with Crippen LogP contribution in [0.15, 0.2) is 36.4 Å². The molecule has 0 N–H and O–H groups in total. The number of alkyl halides is 1. The van der Waals surface area contributed by atoms with Gasteiger partial charge in [-0.05, 0) is 24.1 Å². The third-order valence-corrected chi connectivity index (χ3v) is 4.11. The molecule has 1 aromatic heterocycles. The van der Waals surface area contributed by atoms with Crippen LogP contribution in [0.5, 0.6) is 0 Å². The Kier molecular flexibility index (Phi) is 3.87. The van der Waals surface area contributed by atoms with Crippen LogP contribution in [-0.4, -0.2) is 9.55 Å². The molecular formula is C16H13Cl2FN2. The van der Waals surface area contributed by atoms with E-state index < -0.39 is 5.82 Å². The molecule has 2 nitrogen and oxygen atoms in total. The highest BCUT2D eigenvalue weighted by molar-refractivity contribution is 6.31. The Morgan fingerprint density at radius 3 is 2.71 bits per heavy atom. The lowest BCUT2D eigenvalue weighted by Gasteiger charge is -2.10. The molecule has 3 rings (SSSR count). The first kappa shape index (κ1) is 14.4. The highest BCUT2D eigenvalue weighted by Crippen LogP contribution is 2.25. The molecule has 0 aliphatic heterocycles. The number of fused-ring (bicyclic) bond motifs is 1. The number of hydrogen-bond acceptors (Lipinski definition) is 1. The van der Waals surface area contributed by atoms with Gasteiger partial charge < -0.3 is 4.57 Å². The fourth-order valence-corrected chi connectivity index (χ4v) is 2.77. The summed E-state index contributed by atoms with van der Waals surface area (Å²) >= 11 is 11.9. The van der Waals surface area contributed by atoms with Crippen molar-refractivity contribution in [2.45, 2.75) is 19.3 Å². The minimum atomic E-state index is -0.467. The maximum absolute atomic E-state index is 13.6. The zero-order valence-electron chi connectivity index (χ0n) is 11.4. The van der Waals surface area contributed by atoms with Crippen molar-refractivity contribution in [2.24, 2.45) is 0 Å². The molecule has 0 unspecified atom stereocenters. The van der Waals surface area contributed by atoms with Crippen LogP contribution < -0.4 is 0 Å². The van der Waals surface area contributed by atoms with Gasteiger partial charge in [-0.3, -0.25) is 0 Å². The molecular weight excluding hydrogens is 310 g/mol. The van der Waals surface area contributed by atoms with Crippen LogP contribution in [0.1, 0.15) is 17.0 Å². The van der Waals surface area contributed by atoms with Gasteiger partial charge in [0, 0.05) is 12.6 Å². The van der Waals surface area contributed by atoms with Crippen molar-refractivity contribution < 1.29 is 4.39 Å². The number of rotatable bonds is 3. The van der Waals surface area contributed by atoms with Gasteiger partial charge in [0.25, 0.3) is 0 Å². The van der Waals surface area contributed by atoms with E-state index in [2.05, 4.69) is 24.0 Å². The van der Waals surface area contributed by atoms with Crippen molar-refractivity contribution in [3.8, 4) is 0 Å². The Labute approximate surface area is 132 Å². The minimum Gasteiger partial charge on any atom is -0.322 e. The molecule has 0 amide bonds. The average molecular weight is 323 g/mol. The Balaban J connectivity index is 2.16. The third-order valence-electron chi connectivity index (χ3n) is 3.58. The van der Waals surface area contributed by atoms with Crippen molar-refractivity contribution in [3.63, 3.8) is 0 Å². The topological polar surface area (TPSA) is 17.8 Å². The fraction of sp³-hybridized carbons (Fsp3) is 0.188. The third kappa shape index (κ3) is 2.63. The van der Waals surface area contributed by atoms with E-state index in [1.165, 1.54) is 17.2 Å². The molecule has 0 radical (unpaired) electrons. The second-order valence-corrected chi connectivity index (χ2v) is 5.60. The van der Waals surface area contributed by atoms with E-state index in [-0.39, 0.29) is 10.9 Å². The van der Waals surface area contributed by atoms with E-state index in [0.29, 0.717) is 17.9 Å². The van der Waals surface area contributed by atoms with Crippen LogP contribution >= 0.6 is 23.2 Å². The van der Waals surface area contributed by atoms with Crippen molar-refractivity contribution in [1.82, 2.24) is 9.55 Å². The van der Waals surface area contributed by atoms with E-state index >= 15 is 0 Å². The molecule has 1 heterocycles. The van der Waals surface area contributed by atoms with Crippen molar-refractivity contribution >= 4 is 34.2 Å². The largest absolute Gasteiger partial charge is 0.322 e. The first-order chi connectivity index (χ1) is 10.1. The van der Waals surface area contributed by atoms with Gasteiger partial charge in [-0.2, -0.15) is 0 Å². The van der Waals surface area contributed by atoms with Crippen molar-refractivity contribution in [3.05, 3.63) is 64.2 Å². The van der Waals surface area contributed by atoms with Crippen molar-refractivity contribution in [2.75, 3.05) is 0 Å². The number of hydrogen-bond donors (Lipinski definition) is 0. The molecule has 0 aliphatic rings. The summed E-state index contributed by atoms with van der Waals surface area (Å²) in [7, 11) is 0. The normalized spacial score (nSPS) is 11.2. The number of aromatic nitrogens is 2. The lowest BCUT2D eigenvalue weighted by atomic mass is 10.1. The SMILES string of the molecule is Cc1ccccc1Cn1c(CCl)nc2cc(F)c(Cl)cc21. The highest BCUT2D eigenvalue weighted by Gasteiger charge is 2.14. The van der Waals surface area contributed by atoms with Crippen LogP contribution in [0.2, 0.25) is 5.02 Å². The van der Waals surface area contributed by atoms with Crippen LogP contribution in [0.25, 0.3) is 11.0 Å². The van der Waals surface area contributed by atoms with E-state index in [0.717, 1.165) is 5.52 Å². The summed E-state index contributed by atoms with van der Waals surface area (Å²) in [5.41, 5.74) is 3.72. The zero-order chi connectivity index (χ0) is 15.0. The number of aryl methyl sites for hydroxylation is 1. The second kappa shape index (κ2) is 5.66. The van der Waals surface area contributed by atoms with Gasteiger partial charge in [0.2, 0.25) is 0 Å². The van der Waals surface area contributed by atoms with Gasteiger partial charge in [-0.25, -0.2) is 9.37 Å². The highest BCUT2D eigenvalue weighted by atomic mass is 35.5. The van der Waals surface area contributed by atoms with Gasteiger partial charge in [0.05, 0.1) is 21.9 Å². The molecule has 2 aromatic carbocycles. The van der Waals surface area contributed by atoms with Crippen LogP contribution in [0, 0.1) is 12.7 Å². The summed E-state index contributed by atoms with van der Waals surface area (Å²) in [6, 6.07) is 11.1. The van der Waals surface area contributed by atoms with Crippen LogP contribution in [0.3, 0.4) is 0 Å². The summed E-state index contributed by atoms with van der Waals surface area (Å²) in [6.45, 7) is 2.69. The van der Waals surface area contributed by atoms with E-state index in [4.69, 9.17) is 23.2 Å². The Hall–Kier alpha value is -1.58. The molecule has 108 valence electrons. The first-order valence-electron chi connectivity index (χ1n) is 6.55. The molecule has 21 heavy (non-hydrogen) atoms. The van der Waals surface area contributed by atoms with Crippen LogP contribution in [-0.2, 0) is 12.4 Å². The van der Waals surface area contributed by atoms with Gasteiger partial charge >= 0.3 is 0 Å². The van der Waals surface area contributed by atoms with Crippen molar-refractivity contribution in [1.29, 1.82) is 0 Å². The Morgan fingerprint density at radius 2 is 2.00 bits per heavy atom. The second-order valence-electron chi connectivity index (χ2n) is 4.93. The lowest BCUT2D eigenvalue weighted by molar-refractivity contribution is 0.629. The van der Waals surface area contributed by atoms with E-state index in [1.807, 2.05) is 16.7 Å². The summed E-state index contributed by atoms with van der Waals surface area (Å²) in [5, 5.41) is 0.0922. The predicted octanol–water partition coefficient (Wildman–Crippen LogP) is 4.92. The summed E-state index contributed by atoms with van der Waals surface area (Å²) < 4.78 is 15.6. The standard InChI is InChI=1S/C16H13Cl2FN2/c1-10-4-2-3-5-11(10)9-21-15-6-12(18)13(19)7-14(15)20-16(21)8-17/h2-7H,8-9H2,1H3. The number of nitrogens with zero attached hydrogens (tertiary/aromatic N) is 2. The molecule has 0 fully saturated rings. The molecule has 5 heteroatoms.